The molecule has 1 atom stereocenters. The average molecular weight is 187 g/mol. The highest BCUT2D eigenvalue weighted by Gasteiger charge is 2.04. The van der Waals surface area contributed by atoms with Gasteiger partial charge in [0.1, 0.15) is 6.29 Å². The molecule has 68 valence electrons. The van der Waals surface area contributed by atoms with Crippen LogP contribution in [0.2, 0.25) is 0 Å². The van der Waals surface area contributed by atoms with Crippen molar-refractivity contribution in [3.63, 3.8) is 0 Å². The molecule has 0 N–H and O–H groups in total. The van der Waals surface area contributed by atoms with Crippen LogP contribution in [-0.2, 0) is 4.79 Å². The van der Waals surface area contributed by atoms with Gasteiger partial charge in [-0.25, -0.2) is 0 Å². The molecule has 0 aliphatic carbocycles. The molecule has 12 heavy (non-hydrogen) atoms. The number of hydrogen-bond donors (Lipinski definition) is 0. The molecule has 0 aromatic rings. The van der Waals surface area contributed by atoms with E-state index in [1.165, 1.54) is 0 Å². The van der Waals surface area contributed by atoms with E-state index in [2.05, 4.69) is 6.58 Å². The first kappa shape index (κ1) is 11.4. The van der Waals surface area contributed by atoms with Crippen LogP contribution in [0.3, 0.4) is 0 Å². The zero-order valence-electron chi connectivity index (χ0n) is 7.64. The van der Waals surface area contributed by atoms with Gasteiger partial charge in [0.2, 0.25) is 0 Å². The highest BCUT2D eigenvalue weighted by Crippen LogP contribution is 2.16. The molecular formula is C10H15ClO. The first-order chi connectivity index (χ1) is 5.57. The summed E-state index contributed by atoms with van der Waals surface area (Å²) in [5, 5.41) is 0.0278. The molecule has 2 heteroatoms. The van der Waals surface area contributed by atoms with Crippen molar-refractivity contribution in [1.82, 2.24) is 0 Å². The van der Waals surface area contributed by atoms with Crippen LogP contribution in [0.1, 0.15) is 26.7 Å². The Hall–Kier alpha value is -0.560. The standard InChI is InChI=1S/C10H15ClO/c1-8(2)10(11)5-4-9(3)6-7-12/h6-7,10H,1,4-5H2,2-3H3/b9-6+. The Morgan fingerprint density at radius 3 is 2.58 bits per heavy atom. The first-order valence-corrected chi connectivity index (χ1v) is 4.42. The van der Waals surface area contributed by atoms with Crippen molar-refractivity contribution in [2.75, 3.05) is 0 Å². The molecular weight excluding hydrogens is 172 g/mol. The normalized spacial score (nSPS) is 14.1. The fourth-order valence-electron chi connectivity index (χ4n) is 0.800. The third-order valence-electron chi connectivity index (χ3n) is 1.68. The lowest BCUT2D eigenvalue weighted by molar-refractivity contribution is -0.104. The molecule has 0 bridgehead atoms. The number of carbonyl (C=O) groups excluding carboxylic acids is 1. The van der Waals surface area contributed by atoms with Crippen molar-refractivity contribution in [2.45, 2.75) is 32.1 Å². The molecule has 0 amide bonds. The maximum Gasteiger partial charge on any atom is 0.142 e. The third kappa shape index (κ3) is 5.14. The largest absolute Gasteiger partial charge is 0.299 e. The summed E-state index contributed by atoms with van der Waals surface area (Å²) in [7, 11) is 0. The van der Waals surface area contributed by atoms with E-state index < -0.39 is 0 Å². The predicted molar refractivity (Wildman–Crippen MR) is 53.5 cm³/mol. The molecule has 0 radical (unpaired) electrons. The highest BCUT2D eigenvalue weighted by atomic mass is 35.5. The van der Waals surface area contributed by atoms with E-state index in [4.69, 9.17) is 11.6 Å². The van der Waals surface area contributed by atoms with Gasteiger partial charge in [-0.3, -0.25) is 4.79 Å². The van der Waals surface area contributed by atoms with Crippen molar-refractivity contribution in [2.24, 2.45) is 0 Å². The second kappa shape index (κ2) is 6.01. The van der Waals surface area contributed by atoms with Gasteiger partial charge in [-0.2, -0.15) is 0 Å². The number of alkyl halides is 1. The van der Waals surface area contributed by atoms with Crippen LogP contribution >= 0.6 is 11.6 Å². The zero-order valence-corrected chi connectivity index (χ0v) is 8.40. The molecule has 1 nitrogen and oxygen atoms in total. The number of carbonyl (C=O) groups is 1. The van der Waals surface area contributed by atoms with Crippen molar-refractivity contribution in [3.8, 4) is 0 Å². The second-order valence-electron chi connectivity index (χ2n) is 3.00. The molecule has 1 unspecified atom stereocenters. The number of rotatable bonds is 5. The quantitative estimate of drug-likeness (QED) is 0.279. The Balaban J connectivity index is 3.75. The van der Waals surface area contributed by atoms with Crippen molar-refractivity contribution < 1.29 is 4.79 Å². The lowest BCUT2D eigenvalue weighted by Gasteiger charge is -2.07. The van der Waals surface area contributed by atoms with Crippen LogP contribution in [0, 0.1) is 0 Å². The van der Waals surface area contributed by atoms with Gasteiger partial charge in [-0.1, -0.05) is 17.7 Å². The number of halogens is 1. The Bertz CT molecular complexity index is 194. The van der Waals surface area contributed by atoms with Crippen LogP contribution in [0.5, 0.6) is 0 Å². The van der Waals surface area contributed by atoms with Gasteiger partial charge in [-0.15, -0.1) is 11.6 Å². The van der Waals surface area contributed by atoms with Gasteiger partial charge < -0.3 is 0 Å². The maximum atomic E-state index is 10.1. The smallest absolute Gasteiger partial charge is 0.142 e. The molecule has 0 fully saturated rings. The van der Waals surface area contributed by atoms with E-state index in [0.717, 1.165) is 30.3 Å². The molecule has 0 aromatic carbocycles. The lowest BCUT2D eigenvalue weighted by Crippen LogP contribution is -1.99. The van der Waals surface area contributed by atoms with E-state index in [1.54, 1.807) is 6.08 Å². The maximum absolute atomic E-state index is 10.1. The minimum Gasteiger partial charge on any atom is -0.299 e. The van der Waals surface area contributed by atoms with Gasteiger partial charge in [0, 0.05) is 0 Å². The van der Waals surface area contributed by atoms with Crippen LogP contribution in [0.4, 0.5) is 0 Å². The summed E-state index contributed by atoms with van der Waals surface area (Å²) < 4.78 is 0. The van der Waals surface area contributed by atoms with Gasteiger partial charge >= 0.3 is 0 Å². The number of allylic oxidation sites excluding steroid dienone is 3. The molecule has 0 spiro atoms. The van der Waals surface area contributed by atoms with Crippen LogP contribution in [0.25, 0.3) is 0 Å². The fourth-order valence-corrected chi connectivity index (χ4v) is 0.909. The zero-order chi connectivity index (χ0) is 9.56. The van der Waals surface area contributed by atoms with Crippen molar-refractivity contribution in [3.05, 3.63) is 23.8 Å². The summed E-state index contributed by atoms with van der Waals surface area (Å²) in [5.41, 5.74) is 2.05. The summed E-state index contributed by atoms with van der Waals surface area (Å²) in [5.74, 6) is 0. The first-order valence-electron chi connectivity index (χ1n) is 3.98. The van der Waals surface area contributed by atoms with Gasteiger partial charge in [0.25, 0.3) is 0 Å². The average Bonchev–Trinajstić information content (AvgIpc) is 2.00. The fraction of sp³-hybridized carbons (Fsp3) is 0.500. The molecule has 0 saturated carbocycles. The van der Waals surface area contributed by atoms with E-state index in [-0.39, 0.29) is 5.38 Å². The predicted octanol–water partition coefficient (Wildman–Crippen LogP) is 3.10. The Morgan fingerprint density at radius 2 is 2.17 bits per heavy atom. The topological polar surface area (TPSA) is 17.1 Å². The number of hydrogen-bond acceptors (Lipinski definition) is 1. The van der Waals surface area contributed by atoms with E-state index in [0.29, 0.717) is 0 Å². The Morgan fingerprint density at radius 1 is 1.58 bits per heavy atom. The third-order valence-corrected chi connectivity index (χ3v) is 2.27. The summed E-state index contributed by atoms with van der Waals surface area (Å²) in [6.07, 6.45) is 4.09. The summed E-state index contributed by atoms with van der Waals surface area (Å²) in [6.45, 7) is 7.60. The monoisotopic (exact) mass is 186 g/mol. The molecule has 0 aliphatic heterocycles. The van der Waals surface area contributed by atoms with Crippen LogP contribution in [0.15, 0.2) is 23.8 Å². The second-order valence-corrected chi connectivity index (χ2v) is 3.53. The van der Waals surface area contributed by atoms with Gasteiger partial charge in [-0.05, 0) is 32.8 Å². The Kier molecular flexibility index (Phi) is 5.73. The van der Waals surface area contributed by atoms with Gasteiger partial charge in [0.05, 0.1) is 5.38 Å². The molecule has 0 heterocycles. The summed E-state index contributed by atoms with van der Waals surface area (Å²) in [4.78, 5) is 10.1. The van der Waals surface area contributed by atoms with Crippen molar-refractivity contribution in [1.29, 1.82) is 0 Å². The van der Waals surface area contributed by atoms with E-state index in [9.17, 15) is 4.79 Å². The summed E-state index contributed by atoms with van der Waals surface area (Å²) in [6, 6.07) is 0. The molecule has 0 rings (SSSR count). The van der Waals surface area contributed by atoms with Gasteiger partial charge in [0.15, 0.2) is 0 Å². The molecule has 0 aromatic heterocycles. The minimum atomic E-state index is 0.0278. The van der Waals surface area contributed by atoms with E-state index in [1.807, 2.05) is 13.8 Å². The SMILES string of the molecule is C=C(C)C(Cl)CC/C(C)=C/C=O. The minimum absolute atomic E-state index is 0.0278. The lowest BCUT2D eigenvalue weighted by atomic mass is 10.1. The van der Waals surface area contributed by atoms with Crippen LogP contribution in [-0.4, -0.2) is 11.7 Å². The van der Waals surface area contributed by atoms with Crippen molar-refractivity contribution >= 4 is 17.9 Å². The van der Waals surface area contributed by atoms with E-state index >= 15 is 0 Å². The number of aldehydes is 1. The Labute approximate surface area is 79.1 Å². The molecule has 0 aliphatic rings. The van der Waals surface area contributed by atoms with Crippen LogP contribution < -0.4 is 0 Å². The summed E-state index contributed by atoms with van der Waals surface area (Å²) >= 11 is 5.94. The molecule has 0 saturated heterocycles. The highest BCUT2D eigenvalue weighted by molar-refractivity contribution is 6.22.